The van der Waals surface area contributed by atoms with Gasteiger partial charge >= 0.3 is 0 Å². The van der Waals surface area contributed by atoms with Gasteiger partial charge in [-0.05, 0) is 48.5 Å². The summed E-state index contributed by atoms with van der Waals surface area (Å²) in [6.45, 7) is 0. The minimum Gasteiger partial charge on any atom is -0.237 e. The van der Waals surface area contributed by atoms with Crippen LogP contribution in [0, 0.1) is 22.7 Å². The molecule has 2 aromatic carbocycles. The van der Waals surface area contributed by atoms with Gasteiger partial charge in [-0.3, -0.25) is 0 Å². The van der Waals surface area contributed by atoms with Crippen LogP contribution in [0.4, 0.5) is 0 Å². The van der Waals surface area contributed by atoms with Crippen LogP contribution < -0.4 is 0 Å². The molecule has 134 valence electrons. The van der Waals surface area contributed by atoms with Crippen molar-refractivity contribution in [3.8, 4) is 34.7 Å². The Morgan fingerprint density at radius 3 is 1.55 bits per heavy atom. The van der Waals surface area contributed by atoms with Gasteiger partial charge in [0.1, 0.15) is 23.5 Å². The molecule has 0 atom stereocenters. The number of benzene rings is 2. The maximum atomic E-state index is 9.13. The Labute approximate surface area is 171 Å². The number of hydrogen-bond acceptors (Lipinski definition) is 5. The molecule has 3 aromatic heterocycles. The lowest BCUT2D eigenvalue weighted by Crippen LogP contribution is -1.87. The van der Waals surface area contributed by atoms with Crippen molar-refractivity contribution in [1.82, 2.24) is 9.97 Å². The van der Waals surface area contributed by atoms with E-state index in [1.54, 1.807) is 23.5 Å². The first kappa shape index (κ1) is 17.1. The van der Waals surface area contributed by atoms with Crippen LogP contribution in [0.15, 0.2) is 72.8 Å². The number of fused-ring (bicyclic) bond motifs is 3. The largest absolute Gasteiger partial charge is 0.237 e. The van der Waals surface area contributed by atoms with Gasteiger partial charge in [-0.1, -0.05) is 24.3 Å². The van der Waals surface area contributed by atoms with Crippen molar-refractivity contribution in [1.29, 1.82) is 10.5 Å². The van der Waals surface area contributed by atoms with Crippen molar-refractivity contribution in [3.05, 3.63) is 84.2 Å². The van der Waals surface area contributed by atoms with Crippen molar-refractivity contribution >= 4 is 31.5 Å². The summed E-state index contributed by atoms with van der Waals surface area (Å²) in [6.07, 6.45) is 0. The quantitative estimate of drug-likeness (QED) is 0.376. The monoisotopic (exact) mass is 388 g/mol. The van der Waals surface area contributed by atoms with Gasteiger partial charge in [-0.15, -0.1) is 11.3 Å². The highest BCUT2D eigenvalue weighted by atomic mass is 32.1. The molecular formula is C24H12N4S. The predicted octanol–water partition coefficient (Wildman–Crippen LogP) is 5.92. The van der Waals surface area contributed by atoms with E-state index in [0.717, 1.165) is 33.3 Å². The first-order valence-electron chi connectivity index (χ1n) is 8.96. The minimum absolute atomic E-state index is 0.406. The molecule has 5 rings (SSSR count). The average molecular weight is 388 g/mol. The Morgan fingerprint density at radius 1 is 0.621 bits per heavy atom. The summed E-state index contributed by atoms with van der Waals surface area (Å²) in [5.41, 5.74) is 4.33. The zero-order valence-corrected chi connectivity index (χ0v) is 15.9. The van der Waals surface area contributed by atoms with Gasteiger partial charge in [0.2, 0.25) is 0 Å². The molecule has 0 N–H and O–H groups in total. The van der Waals surface area contributed by atoms with Crippen molar-refractivity contribution in [2.75, 3.05) is 0 Å². The molecule has 5 heteroatoms. The summed E-state index contributed by atoms with van der Waals surface area (Å²) in [6, 6.07) is 27.7. The van der Waals surface area contributed by atoms with Gasteiger partial charge < -0.3 is 0 Å². The van der Waals surface area contributed by atoms with E-state index in [9.17, 15) is 0 Å². The second-order valence-electron chi connectivity index (χ2n) is 6.56. The Kier molecular flexibility index (Phi) is 4.02. The zero-order chi connectivity index (χ0) is 19.8. The van der Waals surface area contributed by atoms with Gasteiger partial charge in [0.25, 0.3) is 0 Å². The van der Waals surface area contributed by atoms with Gasteiger partial charge in [-0.25, -0.2) is 9.97 Å². The van der Waals surface area contributed by atoms with Crippen LogP contribution in [-0.4, -0.2) is 9.97 Å². The first-order valence-corrected chi connectivity index (χ1v) is 9.78. The Balaban J connectivity index is 1.69. The number of aromatic nitrogens is 2. The molecule has 0 amide bonds. The van der Waals surface area contributed by atoms with E-state index >= 15 is 0 Å². The predicted molar refractivity (Wildman–Crippen MR) is 115 cm³/mol. The number of rotatable bonds is 2. The van der Waals surface area contributed by atoms with E-state index in [4.69, 9.17) is 10.5 Å². The molecule has 0 fully saturated rings. The van der Waals surface area contributed by atoms with Crippen LogP contribution in [0.25, 0.3) is 42.7 Å². The highest BCUT2D eigenvalue weighted by molar-refractivity contribution is 7.25. The van der Waals surface area contributed by atoms with Crippen molar-refractivity contribution in [2.24, 2.45) is 0 Å². The topological polar surface area (TPSA) is 73.4 Å². The Morgan fingerprint density at radius 2 is 1.10 bits per heavy atom. The van der Waals surface area contributed by atoms with Crippen LogP contribution in [-0.2, 0) is 0 Å². The smallest absolute Gasteiger partial charge is 0.141 e. The fourth-order valence-electron chi connectivity index (χ4n) is 3.41. The van der Waals surface area contributed by atoms with Crippen molar-refractivity contribution in [3.63, 3.8) is 0 Å². The van der Waals surface area contributed by atoms with Gasteiger partial charge in [0, 0.05) is 31.3 Å². The van der Waals surface area contributed by atoms with E-state index in [1.165, 1.54) is 9.40 Å². The first-order chi connectivity index (χ1) is 14.2. The normalized spacial score (nSPS) is 10.7. The maximum absolute atomic E-state index is 9.13. The molecule has 29 heavy (non-hydrogen) atoms. The summed E-state index contributed by atoms with van der Waals surface area (Å²) >= 11 is 1.74. The van der Waals surface area contributed by atoms with E-state index < -0.39 is 0 Å². The lowest BCUT2D eigenvalue weighted by atomic mass is 10.0. The molecule has 0 spiro atoms. The van der Waals surface area contributed by atoms with Gasteiger partial charge in [-0.2, -0.15) is 10.5 Å². The molecule has 0 radical (unpaired) electrons. The molecule has 5 aromatic rings. The Hall–Kier alpha value is -4.06. The second kappa shape index (κ2) is 6.83. The number of nitrogens with zero attached hydrogens (tertiary/aromatic N) is 4. The zero-order valence-electron chi connectivity index (χ0n) is 15.1. The van der Waals surface area contributed by atoms with Gasteiger partial charge in [0.05, 0.1) is 11.4 Å². The third-order valence-corrected chi connectivity index (χ3v) is 5.94. The molecule has 0 aliphatic rings. The summed E-state index contributed by atoms with van der Waals surface area (Å²) in [5, 5.41) is 20.5. The highest BCUT2D eigenvalue weighted by Crippen LogP contribution is 2.38. The molecule has 3 heterocycles. The molecule has 4 nitrogen and oxygen atoms in total. The molecular weight excluding hydrogens is 376 g/mol. The highest BCUT2D eigenvalue weighted by Gasteiger charge is 2.10. The summed E-state index contributed by atoms with van der Waals surface area (Å²) < 4.78 is 2.38. The lowest BCUT2D eigenvalue weighted by molar-refractivity contribution is 1.27. The molecule has 0 aliphatic carbocycles. The summed E-state index contributed by atoms with van der Waals surface area (Å²) in [4.78, 5) is 8.84. The van der Waals surface area contributed by atoms with Crippen molar-refractivity contribution in [2.45, 2.75) is 0 Å². The number of pyridine rings is 2. The van der Waals surface area contributed by atoms with E-state index in [-0.39, 0.29) is 0 Å². The standard InChI is InChI=1S/C24H12N4S/c25-13-17-3-1-5-21(27-17)15-7-9-23-19(11-15)20-12-16(8-10-24(20)29-23)22-6-2-4-18(14-26)28-22/h1-12H. The van der Waals surface area contributed by atoms with Crippen LogP contribution in [0.2, 0.25) is 0 Å². The molecule has 0 saturated heterocycles. The SMILES string of the molecule is N#Cc1cccc(-c2ccc3sc4ccc(-c5cccc(C#N)n5)cc4c3c2)n1. The fraction of sp³-hybridized carbons (Fsp3) is 0. The van der Waals surface area contributed by atoms with E-state index in [2.05, 4.69) is 46.4 Å². The molecule has 0 unspecified atom stereocenters. The third-order valence-electron chi connectivity index (χ3n) is 4.79. The van der Waals surface area contributed by atoms with Crippen LogP contribution >= 0.6 is 11.3 Å². The van der Waals surface area contributed by atoms with Crippen LogP contribution in [0.5, 0.6) is 0 Å². The number of hydrogen-bond donors (Lipinski definition) is 0. The van der Waals surface area contributed by atoms with E-state index in [1.807, 2.05) is 36.4 Å². The maximum Gasteiger partial charge on any atom is 0.141 e. The second-order valence-corrected chi connectivity index (χ2v) is 7.65. The molecule has 0 bridgehead atoms. The number of thiophene rings is 1. The number of nitriles is 2. The summed E-state index contributed by atoms with van der Waals surface area (Å²) in [7, 11) is 0. The van der Waals surface area contributed by atoms with Crippen LogP contribution in [0.1, 0.15) is 11.4 Å². The minimum atomic E-state index is 0.406. The van der Waals surface area contributed by atoms with E-state index in [0.29, 0.717) is 11.4 Å². The fourth-order valence-corrected chi connectivity index (χ4v) is 4.48. The summed E-state index contributed by atoms with van der Waals surface area (Å²) in [5.74, 6) is 0. The average Bonchev–Trinajstić information content (AvgIpc) is 3.16. The molecule has 0 aliphatic heterocycles. The molecule has 0 saturated carbocycles. The Bertz CT molecular complexity index is 1370. The third kappa shape index (κ3) is 3.00. The van der Waals surface area contributed by atoms with Crippen molar-refractivity contribution < 1.29 is 0 Å². The van der Waals surface area contributed by atoms with Crippen LogP contribution in [0.3, 0.4) is 0 Å². The van der Waals surface area contributed by atoms with Gasteiger partial charge in [0.15, 0.2) is 0 Å². The lowest BCUT2D eigenvalue weighted by Gasteiger charge is -2.03.